The first-order valence-electron chi connectivity index (χ1n) is 5.63. The van der Waals surface area contributed by atoms with Crippen molar-refractivity contribution in [3.05, 3.63) is 63.1 Å². The van der Waals surface area contributed by atoms with E-state index in [2.05, 4.69) is 36.8 Å². The highest BCUT2D eigenvalue weighted by Crippen LogP contribution is 2.33. The highest BCUT2D eigenvalue weighted by Gasteiger charge is 2.21. The summed E-state index contributed by atoms with van der Waals surface area (Å²) in [4.78, 5) is 4.49. The smallest absolute Gasteiger partial charge is 0.156 e. The molecule has 0 aliphatic carbocycles. The van der Waals surface area contributed by atoms with Crippen molar-refractivity contribution in [1.29, 1.82) is 0 Å². The molecule has 3 aromatic rings. The van der Waals surface area contributed by atoms with E-state index in [1.165, 1.54) is 6.26 Å². The molecule has 5 heteroatoms. The largest absolute Gasteiger partial charge is 0.465 e. The fourth-order valence-electron chi connectivity index (χ4n) is 1.92. The van der Waals surface area contributed by atoms with Crippen molar-refractivity contribution in [2.75, 3.05) is 0 Å². The zero-order chi connectivity index (χ0) is 13.4. The molecule has 0 fully saturated rings. The Balaban J connectivity index is 2.14. The summed E-state index contributed by atoms with van der Waals surface area (Å²) in [7, 11) is 0. The Labute approximate surface area is 126 Å². The maximum atomic E-state index is 10.4. The van der Waals surface area contributed by atoms with Crippen LogP contribution in [0.2, 0.25) is 0 Å². The molecule has 3 nitrogen and oxygen atoms in total. The molecule has 1 aromatic carbocycles. The standard InChI is InChI=1S/C14H9Br2NO2/c15-9-5-6-19-14(9)13(18)12-10(16)7-8-3-1-2-4-11(8)17-12/h1-7,13,18H. The predicted octanol–water partition coefficient (Wildman–Crippen LogP) is 4.43. The fraction of sp³-hybridized carbons (Fsp3) is 0.0714. The van der Waals surface area contributed by atoms with E-state index in [1.807, 2.05) is 30.3 Å². The molecule has 1 atom stereocenters. The number of hydrogen-bond acceptors (Lipinski definition) is 3. The van der Waals surface area contributed by atoms with E-state index in [-0.39, 0.29) is 0 Å². The van der Waals surface area contributed by atoms with E-state index in [4.69, 9.17) is 4.42 Å². The molecule has 0 bridgehead atoms. The van der Waals surface area contributed by atoms with Crippen LogP contribution in [0.1, 0.15) is 17.6 Å². The van der Waals surface area contributed by atoms with Crippen LogP contribution in [-0.4, -0.2) is 10.1 Å². The second kappa shape index (κ2) is 5.07. The van der Waals surface area contributed by atoms with Crippen molar-refractivity contribution < 1.29 is 9.52 Å². The number of aromatic nitrogens is 1. The zero-order valence-corrected chi connectivity index (χ0v) is 12.8. The summed E-state index contributed by atoms with van der Waals surface area (Å²) in [6.45, 7) is 0. The minimum absolute atomic E-state index is 0.448. The summed E-state index contributed by atoms with van der Waals surface area (Å²) in [6.07, 6.45) is 0.612. The first kappa shape index (κ1) is 12.8. The third-order valence-electron chi connectivity index (χ3n) is 2.86. The van der Waals surface area contributed by atoms with Gasteiger partial charge in [-0.25, -0.2) is 4.98 Å². The quantitative estimate of drug-likeness (QED) is 0.712. The molecule has 2 aromatic heterocycles. The Morgan fingerprint density at radius 3 is 2.63 bits per heavy atom. The van der Waals surface area contributed by atoms with Gasteiger partial charge >= 0.3 is 0 Å². The van der Waals surface area contributed by atoms with Gasteiger partial charge in [0, 0.05) is 9.86 Å². The third-order valence-corrected chi connectivity index (χ3v) is 4.15. The lowest BCUT2D eigenvalue weighted by Crippen LogP contribution is -2.03. The molecule has 0 aliphatic rings. The first-order chi connectivity index (χ1) is 9.16. The molecule has 0 saturated heterocycles. The molecule has 3 rings (SSSR count). The predicted molar refractivity (Wildman–Crippen MR) is 79.9 cm³/mol. The highest BCUT2D eigenvalue weighted by atomic mass is 79.9. The number of nitrogens with zero attached hydrogens (tertiary/aromatic N) is 1. The molecule has 0 spiro atoms. The van der Waals surface area contributed by atoms with Gasteiger partial charge in [0.15, 0.2) is 11.9 Å². The van der Waals surface area contributed by atoms with E-state index in [9.17, 15) is 5.11 Å². The average molecular weight is 383 g/mol. The second-order valence-electron chi connectivity index (χ2n) is 4.08. The van der Waals surface area contributed by atoms with Crippen LogP contribution in [0.5, 0.6) is 0 Å². The summed E-state index contributed by atoms with van der Waals surface area (Å²) in [6, 6.07) is 11.4. The molecule has 0 aliphatic heterocycles. The lowest BCUT2D eigenvalue weighted by molar-refractivity contribution is 0.183. The van der Waals surface area contributed by atoms with Gasteiger partial charge in [0.25, 0.3) is 0 Å². The first-order valence-corrected chi connectivity index (χ1v) is 7.21. The molecule has 19 heavy (non-hydrogen) atoms. The topological polar surface area (TPSA) is 46.3 Å². The molecule has 0 amide bonds. The molecular formula is C14H9Br2NO2. The van der Waals surface area contributed by atoms with Gasteiger partial charge in [0.1, 0.15) is 0 Å². The molecular weight excluding hydrogens is 374 g/mol. The van der Waals surface area contributed by atoms with Crippen molar-refractivity contribution >= 4 is 42.8 Å². The maximum absolute atomic E-state index is 10.4. The Morgan fingerprint density at radius 2 is 1.89 bits per heavy atom. The van der Waals surface area contributed by atoms with Gasteiger partial charge in [0.05, 0.1) is 21.9 Å². The summed E-state index contributed by atoms with van der Waals surface area (Å²) in [5.41, 5.74) is 1.37. The molecule has 2 heterocycles. The van der Waals surface area contributed by atoms with Crippen LogP contribution in [0.25, 0.3) is 10.9 Å². The van der Waals surface area contributed by atoms with E-state index in [0.29, 0.717) is 11.5 Å². The van der Waals surface area contributed by atoms with Gasteiger partial charge < -0.3 is 9.52 Å². The lowest BCUT2D eigenvalue weighted by atomic mass is 10.1. The minimum Gasteiger partial charge on any atom is -0.465 e. The van der Waals surface area contributed by atoms with Crippen molar-refractivity contribution in [3.63, 3.8) is 0 Å². The highest BCUT2D eigenvalue weighted by molar-refractivity contribution is 9.10. The average Bonchev–Trinajstić information content (AvgIpc) is 2.83. The third kappa shape index (κ3) is 2.33. The maximum Gasteiger partial charge on any atom is 0.156 e. The van der Waals surface area contributed by atoms with Crippen LogP contribution >= 0.6 is 31.9 Å². The Hall–Kier alpha value is -1.17. The van der Waals surface area contributed by atoms with Crippen molar-refractivity contribution in [3.8, 4) is 0 Å². The number of furan rings is 1. The molecule has 0 radical (unpaired) electrons. The molecule has 96 valence electrons. The number of fused-ring (bicyclic) bond motifs is 1. The molecule has 1 N–H and O–H groups in total. The monoisotopic (exact) mass is 381 g/mol. The van der Waals surface area contributed by atoms with Crippen molar-refractivity contribution in [1.82, 2.24) is 4.98 Å². The summed E-state index contributed by atoms with van der Waals surface area (Å²) >= 11 is 6.79. The van der Waals surface area contributed by atoms with Crippen LogP contribution in [0.3, 0.4) is 0 Å². The van der Waals surface area contributed by atoms with Gasteiger partial charge in [-0.2, -0.15) is 0 Å². The van der Waals surface area contributed by atoms with Gasteiger partial charge in [-0.15, -0.1) is 0 Å². The SMILES string of the molecule is OC(c1nc2ccccc2cc1Br)c1occc1Br. The van der Waals surface area contributed by atoms with Gasteiger partial charge in [-0.05, 0) is 50.1 Å². The number of pyridine rings is 1. The Bertz CT molecular complexity index is 739. The fourth-order valence-corrected chi connectivity index (χ4v) is 2.89. The summed E-state index contributed by atoms with van der Waals surface area (Å²) in [5, 5.41) is 11.4. The van der Waals surface area contributed by atoms with Crippen LogP contribution in [0.15, 0.2) is 56.0 Å². The zero-order valence-electron chi connectivity index (χ0n) is 9.68. The van der Waals surface area contributed by atoms with Gasteiger partial charge in [-0.3, -0.25) is 0 Å². The Kier molecular flexibility index (Phi) is 3.43. The second-order valence-corrected chi connectivity index (χ2v) is 5.79. The van der Waals surface area contributed by atoms with Gasteiger partial charge in [-0.1, -0.05) is 18.2 Å². The Morgan fingerprint density at radius 1 is 1.11 bits per heavy atom. The van der Waals surface area contributed by atoms with Crippen molar-refractivity contribution in [2.24, 2.45) is 0 Å². The number of aliphatic hydroxyl groups excluding tert-OH is 1. The number of benzene rings is 1. The minimum atomic E-state index is -0.914. The number of halogens is 2. The summed E-state index contributed by atoms with van der Waals surface area (Å²) in [5.74, 6) is 0.448. The van der Waals surface area contributed by atoms with Gasteiger partial charge in [0.2, 0.25) is 0 Å². The van der Waals surface area contributed by atoms with Crippen LogP contribution in [-0.2, 0) is 0 Å². The van der Waals surface area contributed by atoms with E-state index >= 15 is 0 Å². The van der Waals surface area contributed by atoms with Crippen LogP contribution < -0.4 is 0 Å². The van der Waals surface area contributed by atoms with Crippen molar-refractivity contribution in [2.45, 2.75) is 6.10 Å². The lowest BCUT2D eigenvalue weighted by Gasteiger charge is -2.11. The number of hydrogen-bond donors (Lipinski definition) is 1. The van der Waals surface area contributed by atoms with Crippen LogP contribution in [0.4, 0.5) is 0 Å². The number of aliphatic hydroxyl groups is 1. The summed E-state index contributed by atoms with van der Waals surface area (Å²) < 4.78 is 6.77. The van der Waals surface area contributed by atoms with Crippen LogP contribution in [0, 0.1) is 0 Å². The number of rotatable bonds is 2. The normalized spacial score (nSPS) is 12.8. The molecule has 1 unspecified atom stereocenters. The van der Waals surface area contributed by atoms with E-state index < -0.39 is 6.10 Å². The molecule has 0 saturated carbocycles. The number of para-hydroxylation sites is 1. The van der Waals surface area contributed by atoms with E-state index in [1.54, 1.807) is 6.07 Å². The van der Waals surface area contributed by atoms with E-state index in [0.717, 1.165) is 19.8 Å².